The number of hydrogen-bond donors (Lipinski definition) is 3. The summed E-state index contributed by atoms with van der Waals surface area (Å²) >= 11 is 0. The molecule has 0 spiro atoms. The predicted molar refractivity (Wildman–Crippen MR) is 95.1 cm³/mol. The Kier molecular flexibility index (Phi) is 7.72. The molecule has 0 bridgehead atoms. The minimum absolute atomic E-state index is 0. The average molecular weight is 435 g/mol. The van der Waals surface area contributed by atoms with Gasteiger partial charge in [0.2, 0.25) is 5.91 Å². The highest BCUT2D eigenvalue weighted by Crippen LogP contribution is 2.02. The number of carbonyl (C=O) groups is 2. The second-order valence-electron chi connectivity index (χ2n) is 4.69. The van der Waals surface area contributed by atoms with Crippen molar-refractivity contribution in [1.29, 1.82) is 0 Å². The highest BCUT2D eigenvalue weighted by molar-refractivity contribution is 14.0. The van der Waals surface area contributed by atoms with Gasteiger partial charge < -0.3 is 16.0 Å². The van der Waals surface area contributed by atoms with Gasteiger partial charge in [-0.05, 0) is 17.7 Å². The lowest BCUT2D eigenvalue weighted by atomic mass is 10.2. The fraction of sp³-hybridized carbons (Fsp3) is 0.357. The quantitative estimate of drug-likeness (QED) is 0.275. The number of imide groups is 1. The summed E-state index contributed by atoms with van der Waals surface area (Å²) in [5.74, 6) is -0.0216. The molecule has 1 fully saturated rings. The van der Waals surface area contributed by atoms with Crippen molar-refractivity contribution in [1.82, 2.24) is 20.9 Å². The van der Waals surface area contributed by atoms with E-state index < -0.39 is 0 Å². The number of nitrogens with zero attached hydrogens (tertiary/aromatic N) is 2. The topological polar surface area (TPSA) is 85.8 Å². The Balaban J connectivity index is 0.00000264. The molecule has 2 rings (SSSR count). The number of amides is 3. The van der Waals surface area contributed by atoms with Crippen LogP contribution < -0.4 is 16.0 Å². The maximum atomic E-state index is 13.1. The van der Waals surface area contributed by atoms with Gasteiger partial charge >= 0.3 is 6.03 Å². The lowest BCUT2D eigenvalue weighted by molar-refractivity contribution is -0.124. The molecule has 7 nitrogen and oxygen atoms in total. The molecule has 0 unspecified atom stereocenters. The normalized spacial score (nSPS) is 14.3. The van der Waals surface area contributed by atoms with Crippen molar-refractivity contribution in [2.24, 2.45) is 4.99 Å². The first-order valence-electron chi connectivity index (χ1n) is 6.87. The maximum absolute atomic E-state index is 13.1. The summed E-state index contributed by atoms with van der Waals surface area (Å²) < 4.78 is 13.1. The van der Waals surface area contributed by atoms with E-state index in [1.807, 2.05) is 0 Å². The van der Waals surface area contributed by atoms with E-state index in [0.717, 1.165) is 10.5 Å². The van der Waals surface area contributed by atoms with E-state index >= 15 is 0 Å². The number of carbonyl (C=O) groups excluding carboxylic acids is 2. The Hall–Kier alpha value is -1.91. The molecule has 1 aromatic carbocycles. The summed E-state index contributed by atoms with van der Waals surface area (Å²) in [4.78, 5) is 27.9. The van der Waals surface area contributed by atoms with Crippen molar-refractivity contribution in [2.45, 2.75) is 6.54 Å². The van der Waals surface area contributed by atoms with Crippen molar-refractivity contribution in [3.8, 4) is 0 Å². The number of aliphatic imine (C=N–C) groups is 1. The molecule has 1 saturated heterocycles. The molecule has 1 heterocycles. The van der Waals surface area contributed by atoms with Crippen molar-refractivity contribution in [3.05, 3.63) is 35.6 Å². The Morgan fingerprint density at radius 1 is 1.39 bits per heavy atom. The van der Waals surface area contributed by atoms with E-state index in [0.29, 0.717) is 19.0 Å². The summed E-state index contributed by atoms with van der Waals surface area (Å²) in [6.07, 6.45) is 0. The van der Waals surface area contributed by atoms with E-state index in [4.69, 9.17) is 0 Å². The molecule has 0 atom stereocenters. The van der Waals surface area contributed by atoms with Gasteiger partial charge in [-0.25, -0.2) is 9.18 Å². The molecular weight excluding hydrogens is 416 g/mol. The Labute approximate surface area is 150 Å². The van der Waals surface area contributed by atoms with Crippen LogP contribution >= 0.6 is 24.0 Å². The van der Waals surface area contributed by atoms with Gasteiger partial charge in [0.25, 0.3) is 0 Å². The highest BCUT2D eigenvalue weighted by Gasteiger charge is 2.27. The van der Waals surface area contributed by atoms with Crippen molar-refractivity contribution in [3.63, 3.8) is 0 Å². The van der Waals surface area contributed by atoms with Crippen molar-refractivity contribution in [2.75, 3.05) is 26.7 Å². The number of urea groups is 1. The van der Waals surface area contributed by atoms with Crippen LogP contribution in [0, 0.1) is 5.82 Å². The van der Waals surface area contributed by atoms with Crippen molar-refractivity contribution < 1.29 is 14.0 Å². The fourth-order valence-electron chi connectivity index (χ4n) is 2.02. The van der Waals surface area contributed by atoms with E-state index in [-0.39, 0.29) is 54.8 Å². The van der Waals surface area contributed by atoms with Gasteiger partial charge in [0.1, 0.15) is 5.82 Å². The molecule has 0 aromatic heterocycles. The van der Waals surface area contributed by atoms with Crippen LogP contribution in [-0.4, -0.2) is 49.5 Å². The lowest BCUT2D eigenvalue weighted by Crippen LogP contribution is -2.43. The summed E-state index contributed by atoms with van der Waals surface area (Å²) in [6, 6.07) is 5.88. The minimum atomic E-state index is -0.380. The number of guanidine groups is 1. The molecule has 0 radical (unpaired) electrons. The summed E-state index contributed by atoms with van der Waals surface area (Å²) in [5.41, 5.74) is 0.789. The zero-order valence-corrected chi connectivity index (χ0v) is 15.0. The van der Waals surface area contributed by atoms with Gasteiger partial charge in [-0.15, -0.1) is 24.0 Å². The predicted octanol–water partition coefficient (Wildman–Crippen LogP) is 0.660. The molecule has 3 amide bonds. The van der Waals surface area contributed by atoms with E-state index in [2.05, 4.69) is 20.9 Å². The van der Waals surface area contributed by atoms with Gasteiger partial charge in [0.15, 0.2) is 5.96 Å². The number of halogens is 2. The molecule has 3 N–H and O–H groups in total. The first-order valence-corrected chi connectivity index (χ1v) is 6.87. The van der Waals surface area contributed by atoms with E-state index in [9.17, 15) is 14.0 Å². The fourth-order valence-corrected chi connectivity index (χ4v) is 2.02. The first-order chi connectivity index (χ1) is 10.6. The molecule has 1 aliphatic heterocycles. The first kappa shape index (κ1) is 19.1. The van der Waals surface area contributed by atoms with Gasteiger partial charge in [-0.2, -0.15) is 0 Å². The number of nitrogens with one attached hydrogen (secondary N) is 3. The molecule has 0 saturated carbocycles. The average Bonchev–Trinajstić information content (AvgIpc) is 2.82. The third-order valence-electron chi connectivity index (χ3n) is 3.14. The van der Waals surface area contributed by atoms with Gasteiger partial charge in [-0.3, -0.25) is 14.7 Å². The van der Waals surface area contributed by atoms with Crippen LogP contribution in [0.5, 0.6) is 0 Å². The van der Waals surface area contributed by atoms with Gasteiger partial charge in [0, 0.05) is 26.7 Å². The standard InChI is InChI=1S/C14H18FN5O2.HI/c1-16-13(18-8-10-3-2-4-11(15)7-10)17-5-6-20-12(21)9-19-14(20)22;/h2-4,7H,5-6,8-9H2,1H3,(H,19,22)(H2,16,17,18);1H. The monoisotopic (exact) mass is 435 g/mol. The van der Waals surface area contributed by atoms with E-state index in [1.54, 1.807) is 19.2 Å². The molecule has 1 aromatic rings. The molecule has 1 aliphatic rings. The number of rotatable bonds is 5. The molecule has 126 valence electrons. The summed E-state index contributed by atoms with van der Waals surface area (Å²) in [7, 11) is 1.61. The summed E-state index contributed by atoms with van der Waals surface area (Å²) in [5, 5.41) is 8.47. The zero-order valence-electron chi connectivity index (χ0n) is 12.6. The third-order valence-corrected chi connectivity index (χ3v) is 3.14. The Morgan fingerprint density at radius 2 is 2.17 bits per heavy atom. The lowest BCUT2D eigenvalue weighted by Gasteiger charge is -2.15. The molecular formula is C14H19FIN5O2. The number of hydrogen-bond acceptors (Lipinski definition) is 3. The second kappa shape index (κ2) is 9.28. The van der Waals surface area contributed by atoms with Crippen LogP contribution in [0.1, 0.15) is 5.56 Å². The van der Waals surface area contributed by atoms with Crippen LogP contribution in [0.15, 0.2) is 29.3 Å². The largest absolute Gasteiger partial charge is 0.355 e. The van der Waals surface area contributed by atoms with Crippen LogP contribution in [0.4, 0.5) is 9.18 Å². The smallest absolute Gasteiger partial charge is 0.324 e. The third kappa shape index (κ3) is 5.66. The van der Waals surface area contributed by atoms with Crippen LogP contribution in [-0.2, 0) is 11.3 Å². The minimum Gasteiger partial charge on any atom is -0.355 e. The molecule has 23 heavy (non-hydrogen) atoms. The zero-order chi connectivity index (χ0) is 15.9. The number of benzene rings is 1. The van der Waals surface area contributed by atoms with Crippen LogP contribution in [0.3, 0.4) is 0 Å². The van der Waals surface area contributed by atoms with Crippen molar-refractivity contribution >= 4 is 41.9 Å². The highest BCUT2D eigenvalue weighted by atomic mass is 127. The molecule has 0 aliphatic carbocycles. The second-order valence-corrected chi connectivity index (χ2v) is 4.69. The van der Waals surface area contributed by atoms with Crippen LogP contribution in [0.2, 0.25) is 0 Å². The Morgan fingerprint density at radius 3 is 2.78 bits per heavy atom. The SMILES string of the molecule is CN=C(NCCN1C(=O)CNC1=O)NCc1cccc(F)c1.I. The van der Waals surface area contributed by atoms with Crippen LogP contribution in [0.25, 0.3) is 0 Å². The Bertz CT molecular complexity index is 580. The maximum Gasteiger partial charge on any atom is 0.324 e. The van der Waals surface area contributed by atoms with Gasteiger partial charge in [0.05, 0.1) is 6.54 Å². The van der Waals surface area contributed by atoms with E-state index in [1.165, 1.54) is 12.1 Å². The summed E-state index contributed by atoms with van der Waals surface area (Å²) in [6.45, 7) is 1.10. The molecule has 9 heteroatoms. The van der Waals surface area contributed by atoms with Gasteiger partial charge in [-0.1, -0.05) is 12.1 Å².